The van der Waals surface area contributed by atoms with Crippen LogP contribution in [0, 0.1) is 0 Å². The van der Waals surface area contributed by atoms with Gasteiger partial charge in [-0.1, -0.05) is 12.1 Å². The lowest BCUT2D eigenvalue weighted by Gasteiger charge is -2.11. The lowest BCUT2D eigenvalue weighted by atomic mass is 10.1. The van der Waals surface area contributed by atoms with Gasteiger partial charge >= 0.3 is 0 Å². The molecule has 3 rings (SSSR count). The number of ether oxygens (including phenoxy) is 2. The molecule has 2 heterocycles. The third-order valence-corrected chi connectivity index (χ3v) is 5.10. The molecule has 0 fully saturated rings. The highest BCUT2D eigenvalue weighted by Crippen LogP contribution is 2.26. The molecule has 0 aliphatic carbocycles. The van der Waals surface area contributed by atoms with Crippen LogP contribution in [0.15, 0.2) is 54.0 Å². The summed E-state index contributed by atoms with van der Waals surface area (Å²) in [7, 11) is 3.23. The van der Waals surface area contributed by atoms with Crippen molar-refractivity contribution in [1.82, 2.24) is 10.3 Å². The molecule has 0 spiro atoms. The zero-order valence-electron chi connectivity index (χ0n) is 15.4. The first-order valence-electron chi connectivity index (χ1n) is 8.66. The Morgan fingerprint density at radius 2 is 2.04 bits per heavy atom. The Labute approximate surface area is 163 Å². The molecule has 140 valence electrons. The summed E-state index contributed by atoms with van der Waals surface area (Å²) in [6.45, 7) is 0.486. The number of benzene rings is 1. The second kappa shape index (κ2) is 9.19. The first-order chi connectivity index (χ1) is 13.2. The number of hydrogen-bond acceptors (Lipinski definition) is 5. The number of pyridine rings is 1. The molecule has 27 heavy (non-hydrogen) atoms. The molecule has 0 saturated heterocycles. The molecule has 2 aromatic heterocycles. The minimum absolute atomic E-state index is 0.00218. The van der Waals surface area contributed by atoms with Gasteiger partial charge in [0.05, 0.1) is 24.8 Å². The van der Waals surface area contributed by atoms with Crippen molar-refractivity contribution in [2.75, 3.05) is 14.2 Å². The number of nitrogens with zero attached hydrogens (tertiary/aromatic N) is 1. The molecule has 0 bridgehead atoms. The van der Waals surface area contributed by atoms with Crippen molar-refractivity contribution >= 4 is 17.2 Å². The largest absolute Gasteiger partial charge is 0.497 e. The molecule has 1 N–H and O–H groups in total. The highest BCUT2D eigenvalue weighted by atomic mass is 32.1. The summed E-state index contributed by atoms with van der Waals surface area (Å²) in [5.41, 5.74) is 2.95. The zero-order chi connectivity index (χ0) is 19.1. The van der Waals surface area contributed by atoms with Crippen LogP contribution in [0.3, 0.4) is 0 Å². The van der Waals surface area contributed by atoms with E-state index in [0.717, 1.165) is 33.2 Å². The van der Waals surface area contributed by atoms with E-state index in [1.165, 1.54) is 0 Å². The van der Waals surface area contributed by atoms with Gasteiger partial charge in [-0.05, 0) is 47.2 Å². The van der Waals surface area contributed by atoms with E-state index in [2.05, 4.69) is 10.3 Å². The van der Waals surface area contributed by atoms with Gasteiger partial charge in [0.1, 0.15) is 11.5 Å². The highest BCUT2D eigenvalue weighted by molar-refractivity contribution is 7.13. The van der Waals surface area contributed by atoms with Crippen LogP contribution in [-0.4, -0.2) is 25.1 Å². The van der Waals surface area contributed by atoms with E-state index in [-0.39, 0.29) is 5.91 Å². The van der Waals surface area contributed by atoms with Crippen LogP contribution in [-0.2, 0) is 17.8 Å². The fourth-order valence-electron chi connectivity index (χ4n) is 2.74. The van der Waals surface area contributed by atoms with Gasteiger partial charge in [-0.3, -0.25) is 9.78 Å². The first kappa shape index (κ1) is 18.9. The monoisotopic (exact) mass is 382 g/mol. The molecule has 0 saturated carbocycles. The lowest BCUT2D eigenvalue weighted by molar-refractivity contribution is -0.121. The van der Waals surface area contributed by atoms with E-state index in [1.807, 2.05) is 47.8 Å². The Bertz CT molecular complexity index is 894. The number of hydrogen-bond donors (Lipinski definition) is 1. The third-order valence-electron chi connectivity index (χ3n) is 4.20. The van der Waals surface area contributed by atoms with E-state index < -0.39 is 0 Å². The van der Waals surface area contributed by atoms with Crippen molar-refractivity contribution in [2.45, 2.75) is 19.4 Å². The van der Waals surface area contributed by atoms with Gasteiger partial charge in [-0.15, -0.1) is 11.3 Å². The molecule has 3 aromatic rings. The second-order valence-corrected chi connectivity index (χ2v) is 6.93. The molecular formula is C21H22N2O3S. The Balaban J connectivity index is 1.54. The van der Waals surface area contributed by atoms with Crippen LogP contribution >= 0.6 is 11.3 Å². The summed E-state index contributed by atoms with van der Waals surface area (Å²) in [5, 5.41) is 5.00. The number of methoxy groups -OCH3 is 2. The average Bonchev–Trinajstić information content (AvgIpc) is 3.25. The summed E-state index contributed by atoms with van der Waals surface area (Å²) >= 11 is 1.65. The topological polar surface area (TPSA) is 60.5 Å². The molecule has 0 radical (unpaired) electrons. The van der Waals surface area contributed by atoms with Crippen molar-refractivity contribution in [1.29, 1.82) is 0 Å². The standard InChI is InChI=1S/C21H22N2O3S/c1-25-17-7-5-16(19(13-17)26-2)6-8-21(24)23-14-15-9-10-22-18(12-15)20-4-3-11-27-20/h3-5,7,9-13H,6,8,14H2,1-2H3,(H,23,24). The van der Waals surface area contributed by atoms with Gasteiger partial charge in [0.15, 0.2) is 0 Å². The molecule has 5 nitrogen and oxygen atoms in total. The summed E-state index contributed by atoms with van der Waals surface area (Å²) < 4.78 is 10.6. The van der Waals surface area contributed by atoms with Crippen LogP contribution in [0.25, 0.3) is 10.6 Å². The molecule has 0 aliphatic heterocycles. The van der Waals surface area contributed by atoms with Crippen LogP contribution in [0.2, 0.25) is 0 Å². The SMILES string of the molecule is COc1ccc(CCC(=O)NCc2ccnc(-c3cccs3)c2)c(OC)c1. The average molecular weight is 382 g/mol. The van der Waals surface area contributed by atoms with Gasteiger partial charge in [-0.25, -0.2) is 0 Å². The number of rotatable bonds is 8. The van der Waals surface area contributed by atoms with E-state index in [1.54, 1.807) is 31.8 Å². The number of amides is 1. The van der Waals surface area contributed by atoms with Crippen molar-refractivity contribution in [3.8, 4) is 22.1 Å². The Morgan fingerprint density at radius 3 is 2.78 bits per heavy atom. The van der Waals surface area contributed by atoms with E-state index in [0.29, 0.717) is 19.4 Å². The lowest BCUT2D eigenvalue weighted by Crippen LogP contribution is -2.23. The van der Waals surface area contributed by atoms with Crippen molar-refractivity contribution in [3.63, 3.8) is 0 Å². The molecule has 1 amide bonds. The summed E-state index contributed by atoms with van der Waals surface area (Å²) in [6.07, 6.45) is 2.78. The summed E-state index contributed by atoms with van der Waals surface area (Å²) in [5.74, 6) is 1.47. The second-order valence-electron chi connectivity index (χ2n) is 5.98. The van der Waals surface area contributed by atoms with Crippen molar-refractivity contribution in [2.24, 2.45) is 0 Å². The minimum Gasteiger partial charge on any atom is -0.497 e. The predicted molar refractivity (Wildman–Crippen MR) is 107 cm³/mol. The summed E-state index contributed by atoms with van der Waals surface area (Å²) in [6, 6.07) is 13.6. The van der Waals surface area contributed by atoms with Gasteiger partial charge < -0.3 is 14.8 Å². The number of aryl methyl sites for hydroxylation is 1. The van der Waals surface area contributed by atoms with Crippen LogP contribution in [0.5, 0.6) is 11.5 Å². The summed E-state index contributed by atoms with van der Waals surface area (Å²) in [4.78, 5) is 17.7. The Kier molecular flexibility index (Phi) is 6.44. The molecular weight excluding hydrogens is 360 g/mol. The maximum atomic E-state index is 12.2. The molecule has 0 unspecified atom stereocenters. The minimum atomic E-state index is 0.00218. The van der Waals surface area contributed by atoms with Gasteiger partial charge in [0.2, 0.25) is 5.91 Å². The number of carbonyl (C=O) groups is 1. The Hall–Kier alpha value is -2.86. The van der Waals surface area contributed by atoms with E-state index in [9.17, 15) is 4.79 Å². The highest BCUT2D eigenvalue weighted by Gasteiger charge is 2.09. The maximum absolute atomic E-state index is 12.2. The fourth-order valence-corrected chi connectivity index (χ4v) is 3.43. The molecule has 6 heteroatoms. The number of aromatic nitrogens is 1. The third kappa shape index (κ3) is 5.08. The quantitative estimate of drug-likeness (QED) is 0.638. The fraction of sp³-hybridized carbons (Fsp3) is 0.238. The first-order valence-corrected chi connectivity index (χ1v) is 9.54. The molecule has 1 aromatic carbocycles. The normalized spacial score (nSPS) is 10.4. The number of thiophene rings is 1. The number of carbonyl (C=O) groups excluding carboxylic acids is 1. The zero-order valence-corrected chi connectivity index (χ0v) is 16.2. The predicted octanol–water partition coefficient (Wildman–Crippen LogP) is 4.08. The van der Waals surface area contributed by atoms with Gasteiger partial charge in [-0.2, -0.15) is 0 Å². The van der Waals surface area contributed by atoms with E-state index in [4.69, 9.17) is 9.47 Å². The van der Waals surface area contributed by atoms with Gasteiger partial charge in [0, 0.05) is 25.2 Å². The maximum Gasteiger partial charge on any atom is 0.220 e. The van der Waals surface area contributed by atoms with Gasteiger partial charge in [0.25, 0.3) is 0 Å². The van der Waals surface area contributed by atoms with Crippen LogP contribution in [0.1, 0.15) is 17.5 Å². The smallest absolute Gasteiger partial charge is 0.220 e. The number of nitrogens with one attached hydrogen (secondary N) is 1. The Morgan fingerprint density at radius 1 is 1.15 bits per heavy atom. The van der Waals surface area contributed by atoms with Crippen molar-refractivity contribution in [3.05, 3.63) is 65.2 Å². The van der Waals surface area contributed by atoms with Crippen LogP contribution in [0.4, 0.5) is 0 Å². The molecule has 0 atom stereocenters. The van der Waals surface area contributed by atoms with E-state index >= 15 is 0 Å². The molecule has 0 aliphatic rings. The van der Waals surface area contributed by atoms with Crippen LogP contribution < -0.4 is 14.8 Å². The van der Waals surface area contributed by atoms with Crippen molar-refractivity contribution < 1.29 is 14.3 Å².